The number of ether oxygens (including phenoxy) is 2. The van der Waals surface area contributed by atoms with Gasteiger partial charge in [0.15, 0.2) is 0 Å². The van der Waals surface area contributed by atoms with E-state index in [4.69, 9.17) is 9.47 Å². The summed E-state index contributed by atoms with van der Waals surface area (Å²) in [6.07, 6.45) is 2.52. The van der Waals surface area contributed by atoms with Crippen LogP contribution in [0.15, 0.2) is 18.2 Å². The second kappa shape index (κ2) is 6.75. The van der Waals surface area contributed by atoms with Crippen molar-refractivity contribution in [3.8, 4) is 11.5 Å². The van der Waals surface area contributed by atoms with Crippen LogP contribution >= 0.6 is 0 Å². The smallest absolute Gasteiger partial charge is 0.131 e. The van der Waals surface area contributed by atoms with Crippen LogP contribution in [-0.2, 0) is 0 Å². The molecule has 2 aliphatic rings. The number of hydrogen-bond acceptors (Lipinski definition) is 4. The van der Waals surface area contributed by atoms with Crippen molar-refractivity contribution >= 4 is 10.8 Å². The standard InChI is InChI=1S/C22H28O4/c1-12-5-4-6-17-18(12)22(26-11-14(3)24)20-16-8-7-15(9-16)19(20)21(17)25-10-13(2)23/h4-6,13-16,23-24H,7-11H2,1-3H3. The minimum atomic E-state index is -0.505. The third kappa shape index (κ3) is 2.85. The molecule has 2 aromatic rings. The van der Waals surface area contributed by atoms with Crippen molar-refractivity contribution in [2.24, 2.45) is 0 Å². The van der Waals surface area contributed by atoms with Gasteiger partial charge in [-0.15, -0.1) is 0 Å². The van der Waals surface area contributed by atoms with Gasteiger partial charge in [0, 0.05) is 21.9 Å². The number of aliphatic hydroxyl groups excluding tert-OH is 2. The molecule has 2 bridgehead atoms. The Balaban J connectivity index is 1.95. The number of benzene rings is 2. The van der Waals surface area contributed by atoms with E-state index >= 15 is 0 Å². The highest BCUT2D eigenvalue weighted by atomic mass is 16.5. The van der Waals surface area contributed by atoms with Crippen molar-refractivity contribution in [2.45, 2.75) is 64.1 Å². The molecule has 4 heteroatoms. The molecular formula is C22H28O4. The summed E-state index contributed by atoms with van der Waals surface area (Å²) < 4.78 is 12.3. The molecule has 2 N–H and O–H groups in total. The number of hydrogen-bond donors (Lipinski definition) is 2. The first kappa shape index (κ1) is 17.6. The molecule has 4 rings (SSSR count). The highest BCUT2D eigenvalue weighted by molar-refractivity contribution is 5.99. The predicted octanol–water partition coefficient (Wildman–Crippen LogP) is 4.03. The Kier molecular flexibility index (Phi) is 4.57. The van der Waals surface area contributed by atoms with Gasteiger partial charge in [0.1, 0.15) is 24.7 Å². The van der Waals surface area contributed by atoms with Crippen LogP contribution in [0.25, 0.3) is 10.8 Å². The first-order chi connectivity index (χ1) is 12.5. The molecule has 0 saturated heterocycles. The molecule has 1 saturated carbocycles. The second-order valence-corrected chi connectivity index (χ2v) is 8.01. The summed E-state index contributed by atoms with van der Waals surface area (Å²) >= 11 is 0. The lowest BCUT2D eigenvalue weighted by Gasteiger charge is -2.26. The van der Waals surface area contributed by atoms with Crippen LogP contribution in [0.2, 0.25) is 0 Å². The molecule has 0 aromatic heterocycles. The highest BCUT2D eigenvalue weighted by Crippen LogP contribution is 2.61. The van der Waals surface area contributed by atoms with E-state index in [-0.39, 0.29) is 0 Å². The summed E-state index contributed by atoms with van der Waals surface area (Å²) in [4.78, 5) is 0. The van der Waals surface area contributed by atoms with E-state index in [0.29, 0.717) is 25.0 Å². The molecule has 0 heterocycles. The number of aliphatic hydroxyl groups is 2. The molecule has 1 fully saturated rings. The number of rotatable bonds is 6. The molecule has 140 valence electrons. The molecule has 0 radical (unpaired) electrons. The first-order valence-corrected chi connectivity index (χ1v) is 9.68. The maximum Gasteiger partial charge on any atom is 0.131 e. The van der Waals surface area contributed by atoms with E-state index in [1.165, 1.54) is 24.0 Å². The van der Waals surface area contributed by atoms with E-state index < -0.39 is 12.2 Å². The summed E-state index contributed by atoms with van der Waals surface area (Å²) in [7, 11) is 0. The van der Waals surface area contributed by atoms with E-state index in [1.807, 2.05) is 6.07 Å². The lowest BCUT2D eigenvalue weighted by Crippen LogP contribution is -2.17. The normalized spacial score (nSPS) is 23.1. The predicted molar refractivity (Wildman–Crippen MR) is 102 cm³/mol. The summed E-state index contributed by atoms with van der Waals surface area (Å²) in [5.41, 5.74) is 3.71. The average Bonchev–Trinajstić information content (AvgIpc) is 3.20. The van der Waals surface area contributed by atoms with Crippen molar-refractivity contribution in [1.29, 1.82) is 0 Å². The SMILES string of the molecule is Cc1cccc2c(OCC(C)O)c3c(c(OCC(C)O)c12)C1CCC3C1. The number of fused-ring (bicyclic) bond motifs is 6. The van der Waals surface area contributed by atoms with Gasteiger partial charge in [-0.05, 0) is 57.4 Å². The van der Waals surface area contributed by atoms with Gasteiger partial charge in [0.05, 0.1) is 12.2 Å². The Bertz CT molecular complexity index is 825. The van der Waals surface area contributed by atoms with E-state index in [1.54, 1.807) is 13.8 Å². The van der Waals surface area contributed by atoms with Crippen LogP contribution in [0.5, 0.6) is 11.5 Å². The molecule has 4 unspecified atom stereocenters. The van der Waals surface area contributed by atoms with Crippen LogP contribution < -0.4 is 9.47 Å². The molecule has 0 aliphatic heterocycles. The van der Waals surface area contributed by atoms with Crippen LogP contribution in [0.4, 0.5) is 0 Å². The Morgan fingerprint density at radius 1 is 0.962 bits per heavy atom. The maximum atomic E-state index is 9.76. The van der Waals surface area contributed by atoms with Crippen molar-refractivity contribution in [1.82, 2.24) is 0 Å². The molecule has 0 spiro atoms. The van der Waals surface area contributed by atoms with Gasteiger partial charge in [-0.2, -0.15) is 0 Å². The first-order valence-electron chi connectivity index (χ1n) is 9.68. The van der Waals surface area contributed by atoms with Gasteiger partial charge in [-0.3, -0.25) is 0 Å². The molecule has 0 amide bonds. The zero-order chi connectivity index (χ0) is 18.4. The highest BCUT2D eigenvalue weighted by Gasteiger charge is 2.43. The lowest BCUT2D eigenvalue weighted by molar-refractivity contribution is 0.120. The van der Waals surface area contributed by atoms with Crippen molar-refractivity contribution in [2.75, 3.05) is 13.2 Å². The van der Waals surface area contributed by atoms with Crippen LogP contribution in [0.1, 0.15) is 61.6 Å². The minimum Gasteiger partial charge on any atom is -0.490 e. The Labute approximate surface area is 154 Å². The quantitative estimate of drug-likeness (QED) is 0.820. The maximum absolute atomic E-state index is 9.76. The van der Waals surface area contributed by atoms with Gasteiger partial charge < -0.3 is 19.7 Å². The summed E-state index contributed by atoms with van der Waals surface area (Å²) in [6.45, 7) is 6.18. The van der Waals surface area contributed by atoms with E-state index in [2.05, 4.69) is 19.1 Å². The van der Waals surface area contributed by atoms with Crippen LogP contribution in [-0.4, -0.2) is 35.6 Å². The third-order valence-corrected chi connectivity index (χ3v) is 5.71. The van der Waals surface area contributed by atoms with Crippen LogP contribution in [0, 0.1) is 6.92 Å². The summed E-state index contributed by atoms with van der Waals surface area (Å²) in [5, 5.41) is 21.6. The topological polar surface area (TPSA) is 58.9 Å². The zero-order valence-corrected chi connectivity index (χ0v) is 15.8. The van der Waals surface area contributed by atoms with Gasteiger partial charge in [0.2, 0.25) is 0 Å². The van der Waals surface area contributed by atoms with Crippen molar-refractivity contribution in [3.05, 3.63) is 34.9 Å². The minimum absolute atomic E-state index is 0.292. The third-order valence-electron chi connectivity index (χ3n) is 5.71. The monoisotopic (exact) mass is 356 g/mol. The Hall–Kier alpha value is -1.78. The van der Waals surface area contributed by atoms with Crippen molar-refractivity contribution < 1.29 is 19.7 Å². The van der Waals surface area contributed by atoms with E-state index in [9.17, 15) is 10.2 Å². The van der Waals surface area contributed by atoms with Crippen LogP contribution in [0.3, 0.4) is 0 Å². The fourth-order valence-corrected chi connectivity index (χ4v) is 4.71. The largest absolute Gasteiger partial charge is 0.490 e. The van der Waals surface area contributed by atoms with Crippen molar-refractivity contribution in [3.63, 3.8) is 0 Å². The van der Waals surface area contributed by atoms with Gasteiger partial charge in [0.25, 0.3) is 0 Å². The van der Waals surface area contributed by atoms with Gasteiger partial charge >= 0.3 is 0 Å². The fraction of sp³-hybridized carbons (Fsp3) is 0.545. The Morgan fingerprint density at radius 2 is 1.54 bits per heavy atom. The summed E-state index contributed by atoms with van der Waals surface area (Å²) in [6, 6.07) is 6.22. The fourth-order valence-electron chi connectivity index (χ4n) is 4.71. The Morgan fingerprint density at radius 3 is 2.15 bits per heavy atom. The molecule has 4 nitrogen and oxygen atoms in total. The van der Waals surface area contributed by atoms with Gasteiger partial charge in [-0.25, -0.2) is 0 Å². The molecule has 4 atom stereocenters. The average molecular weight is 356 g/mol. The zero-order valence-electron chi connectivity index (χ0n) is 15.8. The molecule has 2 aliphatic carbocycles. The molecule has 2 aromatic carbocycles. The molecule has 26 heavy (non-hydrogen) atoms. The second-order valence-electron chi connectivity index (χ2n) is 8.01. The summed E-state index contributed by atoms with van der Waals surface area (Å²) in [5.74, 6) is 2.89. The lowest BCUT2D eigenvalue weighted by atomic mass is 9.86. The number of aryl methyl sites for hydroxylation is 1. The molecular weight excluding hydrogens is 328 g/mol. The van der Waals surface area contributed by atoms with E-state index in [0.717, 1.165) is 34.3 Å². The van der Waals surface area contributed by atoms with Gasteiger partial charge in [-0.1, -0.05) is 18.2 Å².